The quantitative estimate of drug-likeness (QED) is 0.927. The summed E-state index contributed by atoms with van der Waals surface area (Å²) in [4.78, 5) is 14.7. The van der Waals surface area contributed by atoms with Crippen molar-refractivity contribution in [1.29, 1.82) is 0 Å². The van der Waals surface area contributed by atoms with Gasteiger partial charge in [0.15, 0.2) is 0 Å². The van der Waals surface area contributed by atoms with E-state index in [0.29, 0.717) is 11.8 Å². The fourth-order valence-electron chi connectivity index (χ4n) is 3.41. The molecule has 0 aliphatic carbocycles. The minimum atomic E-state index is 0.0386. The first-order chi connectivity index (χ1) is 10.1. The fraction of sp³-hybridized carbons (Fsp3) is 0.588. The molecule has 1 unspecified atom stereocenters. The number of hydrogen-bond donors (Lipinski definition) is 1. The lowest BCUT2D eigenvalue weighted by molar-refractivity contribution is 0.0950. The Labute approximate surface area is 126 Å². The van der Waals surface area contributed by atoms with Crippen molar-refractivity contribution in [3.63, 3.8) is 0 Å². The van der Waals surface area contributed by atoms with Crippen LogP contribution in [0.2, 0.25) is 0 Å². The number of benzene rings is 1. The number of carbonyl (C=O) groups is 1. The number of likely N-dealkylation sites (tertiary alicyclic amines) is 1. The summed E-state index contributed by atoms with van der Waals surface area (Å²) in [5, 5.41) is 3.07. The molecule has 0 aromatic heterocycles. The molecule has 1 fully saturated rings. The third-order valence-electron chi connectivity index (χ3n) is 4.73. The van der Waals surface area contributed by atoms with Gasteiger partial charge < -0.3 is 15.0 Å². The zero-order chi connectivity index (χ0) is 15.0. The zero-order valence-corrected chi connectivity index (χ0v) is 13.1. The smallest absolute Gasteiger partial charge is 0.251 e. The van der Waals surface area contributed by atoms with Crippen LogP contribution in [-0.2, 0) is 0 Å². The molecule has 4 heteroatoms. The standard InChI is InChI=1S/C17H24N2O2/c1-4-11(2)21-13-5-6-14-15(7-13)17(20)18-8-12-9-19(3)10-16(12)14/h5-7,11-12,16H,4,8-10H2,1-3H3,(H,18,20)/t11?,12-,16-/m1/s1. The van der Waals surface area contributed by atoms with Gasteiger partial charge in [0.05, 0.1) is 6.10 Å². The van der Waals surface area contributed by atoms with Crippen LogP contribution in [0.3, 0.4) is 0 Å². The first-order valence-electron chi connectivity index (χ1n) is 7.85. The van der Waals surface area contributed by atoms with E-state index < -0.39 is 0 Å². The molecular formula is C17H24N2O2. The molecule has 0 radical (unpaired) electrons. The van der Waals surface area contributed by atoms with E-state index >= 15 is 0 Å². The van der Waals surface area contributed by atoms with E-state index in [4.69, 9.17) is 4.74 Å². The summed E-state index contributed by atoms with van der Waals surface area (Å²) < 4.78 is 5.86. The Morgan fingerprint density at radius 2 is 2.24 bits per heavy atom. The molecule has 2 aliphatic heterocycles. The van der Waals surface area contributed by atoms with Crippen LogP contribution < -0.4 is 10.1 Å². The first kappa shape index (κ1) is 14.4. The van der Waals surface area contributed by atoms with Gasteiger partial charge in [-0.2, -0.15) is 0 Å². The largest absolute Gasteiger partial charge is 0.491 e. The highest BCUT2D eigenvalue weighted by Crippen LogP contribution is 2.36. The third-order valence-corrected chi connectivity index (χ3v) is 4.73. The highest BCUT2D eigenvalue weighted by molar-refractivity contribution is 5.96. The molecule has 21 heavy (non-hydrogen) atoms. The first-order valence-corrected chi connectivity index (χ1v) is 7.85. The normalized spacial score (nSPS) is 26.5. The number of ether oxygens (including phenoxy) is 1. The van der Waals surface area contributed by atoms with Gasteiger partial charge in [0.25, 0.3) is 5.91 Å². The van der Waals surface area contributed by atoms with Gasteiger partial charge in [-0.1, -0.05) is 13.0 Å². The Hall–Kier alpha value is -1.55. The molecule has 0 saturated carbocycles. The molecule has 2 heterocycles. The van der Waals surface area contributed by atoms with E-state index in [1.54, 1.807) is 0 Å². The topological polar surface area (TPSA) is 41.6 Å². The average Bonchev–Trinajstić information content (AvgIpc) is 2.80. The second-order valence-corrected chi connectivity index (χ2v) is 6.38. The fourth-order valence-corrected chi connectivity index (χ4v) is 3.41. The SMILES string of the molecule is CCC(C)Oc1ccc2c(c1)C(=O)NC[C@@H]1CN(C)C[C@@H]21. The lowest BCUT2D eigenvalue weighted by Gasteiger charge is -2.18. The summed E-state index contributed by atoms with van der Waals surface area (Å²) >= 11 is 0. The van der Waals surface area contributed by atoms with Crippen LogP contribution in [0.25, 0.3) is 0 Å². The Morgan fingerprint density at radius 1 is 1.43 bits per heavy atom. The van der Waals surface area contributed by atoms with Crippen LogP contribution in [-0.4, -0.2) is 43.6 Å². The van der Waals surface area contributed by atoms with Crippen LogP contribution in [0.15, 0.2) is 18.2 Å². The van der Waals surface area contributed by atoms with Gasteiger partial charge in [-0.3, -0.25) is 4.79 Å². The second kappa shape index (κ2) is 5.68. The zero-order valence-electron chi connectivity index (χ0n) is 13.1. The van der Waals surface area contributed by atoms with Gasteiger partial charge in [0, 0.05) is 31.1 Å². The summed E-state index contributed by atoms with van der Waals surface area (Å²) in [5.41, 5.74) is 1.97. The molecule has 1 aromatic carbocycles. The number of likely N-dealkylation sites (N-methyl/N-ethyl adjacent to an activating group) is 1. The van der Waals surface area contributed by atoms with Gasteiger partial charge in [-0.15, -0.1) is 0 Å². The molecule has 0 bridgehead atoms. The number of hydrogen-bond acceptors (Lipinski definition) is 3. The van der Waals surface area contributed by atoms with Crippen molar-refractivity contribution >= 4 is 5.91 Å². The highest BCUT2D eigenvalue weighted by atomic mass is 16.5. The molecule has 3 rings (SSSR count). The van der Waals surface area contributed by atoms with Crippen molar-refractivity contribution < 1.29 is 9.53 Å². The Bertz CT molecular complexity index is 544. The number of carbonyl (C=O) groups excluding carboxylic acids is 1. The number of rotatable bonds is 3. The van der Waals surface area contributed by atoms with Crippen molar-refractivity contribution in [3.05, 3.63) is 29.3 Å². The molecule has 0 spiro atoms. The molecule has 1 N–H and O–H groups in total. The molecule has 4 nitrogen and oxygen atoms in total. The maximum absolute atomic E-state index is 12.3. The molecule has 3 atom stereocenters. The minimum Gasteiger partial charge on any atom is -0.491 e. The van der Waals surface area contributed by atoms with Crippen LogP contribution >= 0.6 is 0 Å². The second-order valence-electron chi connectivity index (χ2n) is 6.38. The number of amides is 1. The van der Waals surface area contributed by atoms with Crippen LogP contribution in [0.5, 0.6) is 5.75 Å². The van der Waals surface area contributed by atoms with Crippen molar-refractivity contribution in [2.45, 2.75) is 32.3 Å². The monoisotopic (exact) mass is 288 g/mol. The Morgan fingerprint density at radius 3 is 3.00 bits per heavy atom. The highest BCUT2D eigenvalue weighted by Gasteiger charge is 2.36. The van der Waals surface area contributed by atoms with E-state index in [1.165, 1.54) is 5.56 Å². The number of nitrogens with one attached hydrogen (secondary N) is 1. The predicted molar refractivity (Wildman–Crippen MR) is 82.9 cm³/mol. The van der Waals surface area contributed by atoms with Crippen LogP contribution in [0, 0.1) is 5.92 Å². The van der Waals surface area contributed by atoms with Crippen molar-refractivity contribution in [1.82, 2.24) is 10.2 Å². The number of fused-ring (bicyclic) bond motifs is 3. The maximum atomic E-state index is 12.3. The average molecular weight is 288 g/mol. The van der Waals surface area contributed by atoms with Gasteiger partial charge >= 0.3 is 0 Å². The van der Waals surface area contributed by atoms with Gasteiger partial charge in [-0.25, -0.2) is 0 Å². The summed E-state index contributed by atoms with van der Waals surface area (Å²) in [6.45, 7) is 6.99. The molecule has 1 aromatic rings. The van der Waals surface area contributed by atoms with Crippen LogP contribution in [0.4, 0.5) is 0 Å². The van der Waals surface area contributed by atoms with Gasteiger partial charge in [0.2, 0.25) is 0 Å². The van der Waals surface area contributed by atoms with Gasteiger partial charge in [0.1, 0.15) is 5.75 Å². The summed E-state index contributed by atoms with van der Waals surface area (Å²) in [5.74, 6) is 1.79. The summed E-state index contributed by atoms with van der Waals surface area (Å²) in [6, 6.07) is 6.02. The van der Waals surface area contributed by atoms with Crippen LogP contribution in [0.1, 0.15) is 42.1 Å². The van der Waals surface area contributed by atoms with E-state index in [0.717, 1.165) is 37.4 Å². The lowest BCUT2D eigenvalue weighted by atomic mass is 9.87. The predicted octanol–water partition coefficient (Wildman–Crippen LogP) is 2.25. The van der Waals surface area contributed by atoms with E-state index in [9.17, 15) is 4.79 Å². The van der Waals surface area contributed by atoms with Crippen molar-refractivity contribution in [2.75, 3.05) is 26.7 Å². The summed E-state index contributed by atoms with van der Waals surface area (Å²) in [7, 11) is 2.15. The summed E-state index contributed by atoms with van der Waals surface area (Å²) in [6.07, 6.45) is 1.13. The molecular weight excluding hydrogens is 264 g/mol. The third kappa shape index (κ3) is 2.77. The minimum absolute atomic E-state index is 0.0386. The molecule has 2 aliphatic rings. The van der Waals surface area contributed by atoms with Crippen molar-refractivity contribution in [2.24, 2.45) is 5.92 Å². The molecule has 114 valence electrons. The Balaban J connectivity index is 1.94. The molecule has 1 amide bonds. The van der Waals surface area contributed by atoms with E-state index in [-0.39, 0.29) is 12.0 Å². The Kier molecular flexibility index (Phi) is 3.89. The van der Waals surface area contributed by atoms with Gasteiger partial charge in [-0.05, 0) is 44.0 Å². The number of nitrogens with zero attached hydrogens (tertiary/aromatic N) is 1. The lowest BCUT2D eigenvalue weighted by Crippen LogP contribution is -2.29. The van der Waals surface area contributed by atoms with E-state index in [2.05, 4.69) is 30.3 Å². The molecule has 1 saturated heterocycles. The maximum Gasteiger partial charge on any atom is 0.251 e. The van der Waals surface area contributed by atoms with E-state index in [1.807, 2.05) is 19.1 Å². The van der Waals surface area contributed by atoms with Crippen molar-refractivity contribution in [3.8, 4) is 5.75 Å².